The van der Waals surface area contributed by atoms with Gasteiger partial charge in [0.15, 0.2) is 0 Å². The summed E-state index contributed by atoms with van der Waals surface area (Å²) in [5, 5.41) is 8.62. The van der Waals surface area contributed by atoms with Gasteiger partial charge in [0.1, 0.15) is 6.26 Å². The number of aromatic nitrogens is 2. The van der Waals surface area contributed by atoms with E-state index >= 15 is 0 Å². The van der Waals surface area contributed by atoms with Crippen LogP contribution in [0.15, 0.2) is 16.9 Å². The predicted molar refractivity (Wildman–Crippen MR) is 65.9 cm³/mol. The van der Waals surface area contributed by atoms with Crippen molar-refractivity contribution < 1.29 is 4.52 Å². The molecule has 2 aromatic heterocycles. The number of nitrogens with one attached hydrogen (secondary N) is 1. The fraction of sp³-hybridized carbons (Fsp3) is 0.500. The third-order valence-electron chi connectivity index (χ3n) is 3.08. The summed E-state index contributed by atoms with van der Waals surface area (Å²) >= 11 is 1.82. The van der Waals surface area contributed by atoms with E-state index in [1.807, 2.05) is 17.4 Å². The molecule has 0 fully saturated rings. The van der Waals surface area contributed by atoms with Crippen LogP contribution in [0.4, 0.5) is 0 Å². The van der Waals surface area contributed by atoms with Crippen LogP contribution in [0, 0.1) is 6.92 Å². The standard InChI is InChI=1S/C12H15N3OS/c1-8-14-11-4-2-3-10(12(11)17-8)13-7-9-5-6-16-15-9/h5-6,10,13H,2-4,7H2,1H3. The summed E-state index contributed by atoms with van der Waals surface area (Å²) in [5.41, 5.74) is 2.25. The van der Waals surface area contributed by atoms with E-state index in [1.165, 1.54) is 28.4 Å². The van der Waals surface area contributed by atoms with Crippen LogP contribution in [0.25, 0.3) is 0 Å². The Morgan fingerprint density at radius 1 is 1.59 bits per heavy atom. The Morgan fingerprint density at radius 2 is 2.53 bits per heavy atom. The summed E-state index contributed by atoms with van der Waals surface area (Å²) in [6, 6.07) is 2.33. The third kappa shape index (κ3) is 2.25. The van der Waals surface area contributed by atoms with Crippen molar-refractivity contribution in [3.8, 4) is 0 Å². The van der Waals surface area contributed by atoms with Crippen molar-refractivity contribution in [1.29, 1.82) is 0 Å². The van der Waals surface area contributed by atoms with Gasteiger partial charge < -0.3 is 9.84 Å². The van der Waals surface area contributed by atoms with Gasteiger partial charge in [-0.05, 0) is 26.2 Å². The molecule has 1 N–H and O–H groups in total. The van der Waals surface area contributed by atoms with Crippen molar-refractivity contribution in [1.82, 2.24) is 15.5 Å². The summed E-state index contributed by atoms with van der Waals surface area (Å²) in [6.07, 6.45) is 5.14. The Labute approximate surface area is 104 Å². The van der Waals surface area contributed by atoms with Gasteiger partial charge in [-0.25, -0.2) is 4.98 Å². The summed E-state index contributed by atoms with van der Waals surface area (Å²) in [5.74, 6) is 0. The van der Waals surface area contributed by atoms with Gasteiger partial charge in [0.05, 0.1) is 16.4 Å². The van der Waals surface area contributed by atoms with Crippen LogP contribution < -0.4 is 5.32 Å². The van der Waals surface area contributed by atoms with Crippen LogP contribution in [-0.4, -0.2) is 10.1 Å². The first-order chi connectivity index (χ1) is 8.33. The molecule has 5 heteroatoms. The minimum atomic E-state index is 0.432. The second-order valence-electron chi connectivity index (χ2n) is 4.36. The first-order valence-electron chi connectivity index (χ1n) is 5.92. The van der Waals surface area contributed by atoms with Crippen LogP contribution in [-0.2, 0) is 13.0 Å². The van der Waals surface area contributed by atoms with Gasteiger partial charge >= 0.3 is 0 Å². The van der Waals surface area contributed by atoms with E-state index in [9.17, 15) is 0 Å². The Bertz CT molecular complexity index is 492. The highest BCUT2D eigenvalue weighted by molar-refractivity contribution is 7.11. The molecule has 1 atom stereocenters. The number of thiazole rings is 1. The van der Waals surface area contributed by atoms with Crippen molar-refractivity contribution in [2.24, 2.45) is 0 Å². The Balaban J connectivity index is 1.72. The van der Waals surface area contributed by atoms with Gasteiger partial charge in [-0.2, -0.15) is 0 Å². The number of fused-ring (bicyclic) bond motifs is 1. The molecule has 2 heterocycles. The van der Waals surface area contributed by atoms with Gasteiger partial charge in [0.25, 0.3) is 0 Å². The largest absolute Gasteiger partial charge is 0.364 e. The average molecular weight is 249 g/mol. The first kappa shape index (κ1) is 10.9. The monoisotopic (exact) mass is 249 g/mol. The highest BCUT2D eigenvalue weighted by Gasteiger charge is 2.23. The van der Waals surface area contributed by atoms with E-state index in [1.54, 1.807) is 6.26 Å². The normalized spacial score (nSPS) is 19.2. The van der Waals surface area contributed by atoms with Crippen molar-refractivity contribution >= 4 is 11.3 Å². The third-order valence-corrected chi connectivity index (χ3v) is 4.20. The first-order valence-corrected chi connectivity index (χ1v) is 6.73. The van der Waals surface area contributed by atoms with Gasteiger partial charge in [-0.3, -0.25) is 0 Å². The number of nitrogens with zero attached hydrogens (tertiary/aromatic N) is 2. The van der Waals surface area contributed by atoms with Crippen LogP contribution >= 0.6 is 11.3 Å². The van der Waals surface area contributed by atoms with Gasteiger partial charge in [0.2, 0.25) is 0 Å². The maximum atomic E-state index is 4.83. The fourth-order valence-corrected chi connectivity index (χ4v) is 3.38. The molecule has 1 aliphatic carbocycles. The van der Waals surface area contributed by atoms with E-state index in [2.05, 4.69) is 22.4 Å². The molecule has 0 radical (unpaired) electrons. The van der Waals surface area contributed by atoms with Crippen molar-refractivity contribution in [3.05, 3.63) is 33.6 Å². The number of rotatable bonds is 3. The zero-order valence-corrected chi connectivity index (χ0v) is 10.6. The molecule has 17 heavy (non-hydrogen) atoms. The van der Waals surface area contributed by atoms with Gasteiger partial charge in [-0.15, -0.1) is 11.3 Å². The topological polar surface area (TPSA) is 51.0 Å². The van der Waals surface area contributed by atoms with Crippen LogP contribution in [0.5, 0.6) is 0 Å². The van der Waals surface area contributed by atoms with Crippen LogP contribution in [0.1, 0.15) is 40.2 Å². The SMILES string of the molecule is Cc1nc2c(s1)C(NCc1ccon1)CCC2. The van der Waals surface area contributed by atoms with Crippen LogP contribution in [0.2, 0.25) is 0 Å². The zero-order chi connectivity index (χ0) is 11.7. The molecule has 2 aromatic rings. The molecule has 4 nitrogen and oxygen atoms in total. The smallest absolute Gasteiger partial charge is 0.124 e. The molecule has 0 amide bonds. The van der Waals surface area contributed by atoms with E-state index in [0.717, 1.165) is 18.7 Å². The molecule has 1 aliphatic rings. The van der Waals surface area contributed by atoms with Gasteiger partial charge in [0, 0.05) is 23.5 Å². The number of aryl methyl sites for hydroxylation is 2. The summed E-state index contributed by atoms with van der Waals surface area (Å²) in [7, 11) is 0. The lowest BCUT2D eigenvalue weighted by Crippen LogP contribution is -2.23. The molecule has 3 rings (SSSR count). The molecule has 0 bridgehead atoms. The van der Waals surface area contributed by atoms with E-state index in [4.69, 9.17) is 4.52 Å². The second-order valence-corrected chi connectivity index (χ2v) is 5.60. The Kier molecular flexibility index (Phi) is 2.94. The molecule has 0 spiro atoms. The van der Waals surface area contributed by atoms with E-state index in [-0.39, 0.29) is 0 Å². The summed E-state index contributed by atoms with van der Waals surface area (Å²) < 4.78 is 4.83. The van der Waals surface area contributed by atoms with Crippen molar-refractivity contribution in [2.45, 2.75) is 38.8 Å². The van der Waals surface area contributed by atoms with Crippen molar-refractivity contribution in [2.75, 3.05) is 0 Å². The lowest BCUT2D eigenvalue weighted by atomic mass is 9.98. The quantitative estimate of drug-likeness (QED) is 0.908. The fourth-order valence-electron chi connectivity index (χ4n) is 2.29. The Hall–Kier alpha value is -1.20. The number of hydrogen-bond donors (Lipinski definition) is 1. The molecular weight excluding hydrogens is 234 g/mol. The zero-order valence-electron chi connectivity index (χ0n) is 9.77. The molecule has 0 aliphatic heterocycles. The molecule has 90 valence electrons. The molecule has 0 aromatic carbocycles. The van der Waals surface area contributed by atoms with Gasteiger partial charge in [-0.1, -0.05) is 5.16 Å². The lowest BCUT2D eigenvalue weighted by molar-refractivity contribution is 0.399. The Morgan fingerprint density at radius 3 is 3.35 bits per heavy atom. The molecule has 0 saturated heterocycles. The maximum absolute atomic E-state index is 4.83. The van der Waals surface area contributed by atoms with Crippen molar-refractivity contribution in [3.63, 3.8) is 0 Å². The highest BCUT2D eigenvalue weighted by Crippen LogP contribution is 2.33. The minimum absolute atomic E-state index is 0.432. The molecular formula is C12H15N3OS. The lowest BCUT2D eigenvalue weighted by Gasteiger charge is -2.21. The maximum Gasteiger partial charge on any atom is 0.124 e. The predicted octanol–water partition coefficient (Wildman–Crippen LogP) is 2.61. The second kappa shape index (κ2) is 4.58. The number of hydrogen-bond acceptors (Lipinski definition) is 5. The highest BCUT2D eigenvalue weighted by atomic mass is 32.1. The average Bonchev–Trinajstić information content (AvgIpc) is 2.93. The van der Waals surface area contributed by atoms with Crippen LogP contribution in [0.3, 0.4) is 0 Å². The minimum Gasteiger partial charge on any atom is -0.364 e. The van der Waals surface area contributed by atoms with E-state index < -0.39 is 0 Å². The summed E-state index contributed by atoms with van der Waals surface area (Å²) in [6.45, 7) is 2.84. The molecule has 0 saturated carbocycles. The summed E-state index contributed by atoms with van der Waals surface area (Å²) in [4.78, 5) is 6.00. The van der Waals surface area contributed by atoms with E-state index in [0.29, 0.717) is 6.04 Å². The molecule has 1 unspecified atom stereocenters.